The number of carboxylic acids is 1. The molecule has 1 saturated heterocycles. The van der Waals surface area contributed by atoms with Crippen molar-refractivity contribution in [2.45, 2.75) is 25.8 Å². The maximum atomic E-state index is 12.4. The molecule has 1 N–H and O–H groups in total. The topological polar surface area (TPSA) is 101 Å². The smallest absolute Gasteiger partial charge is 0.326 e. The van der Waals surface area contributed by atoms with E-state index in [0.717, 1.165) is 6.42 Å². The second-order valence-corrected chi connectivity index (χ2v) is 5.29. The highest BCUT2D eigenvalue weighted by atomic mass is 16.6. The van der Waals surface area contributed by atoms with Crippen molar-refractivity contribution in [3.63, 3.8) is 0 Å². The lowest BCUT2D eigenvalue weighted by molar-refractivity contribution is -0.384. The number of carboxylic acid groups (broad SMARTS) is 1. The Morgan fingerprint density at radius 1 is 1.43 bits per heavy atom. The summed E-state index contributed by atoms with van der Waals surface area (Å²) in [6.45, 7) is 2.30. The number of nitro groups is 1. The summed E-state index contributed by atoms with van der Waals surface area (Å²) in [5.41, 5.74) is -0.0388. The Morgan fingerprint density at radius 3 is 2.76 bits per heavy atom. The Bertz CT molecular complexity index is 586. The van der Waals surface area contributed by atoms with Gasteiger partial charge in [0.05, 0.1) is 4.92 Å². The number of non-ortho nitro benzene ring substituents is 1. The molecule has 112 valence electrons. The first kappa shape index (κ1) is 15.0. The molecule has 1 aliphatic heterocycles. The summed E-state index contributed by atoms with van der Waals surface area (Å²) in [5.74, 6) is -1.28. The van der Waals surface area contributed by atoms with Crippen LogP contribution in [0.2, 0.25) is 0 Å². The largest absolute Gasteiger partial charge is 0.480 e. The fourth-order valence-electron chi connectivity index (χ4n) is 2.54. The van der Waals surface area contributed by atoms with Crippen LogP contribution >= 0.6 is 0 Å². The van der Waals surface area contributed by atoms with E-state index in [-0.39, 0.29) is 17.2 Å². The van der Waals surface area contributed by atoms with Gasteiger partial charge in [0.25, 0.3) is 11.6 Å². The minimum atomic E-state index is -1.04. The van der Waals surface area contributed by atoms with Gasteiger partial charge < -0.3 is 10.0 Å². The number of nitro benzene ring substituents is 1. The number of amides is 1. The Labute approximate surface area is 121 Å². The number of carbonyl (C=O) groups is 2. The number of hydrogen-bond donors (Lipinski definition) is 1. The highest BCUT2D eigenvalue weighted by Gasteiger charge is 2.35. The molecule has 0 bridgehead atoms. The number of rotatable bonds is 3. The molecule has 0 spiro atoms. The van der Waals surface area contributed by atoms with Crippen LogP contribution in [0.15, 0.2) is 24.3 Å². The molecule has 7 heteroatoms. The lowest BCUT2D eigenvalue weighted by Crippen LogP contribution is -2.49. The highest BCUT2D eigenvalue weighted by Crippen LogP contribution is 2.25. The number of likely N-dealkylation sites (tertiary alicyclic amines) is 1. The standard InChI is InChI=1S/C14H16N2O5/c1-9-5-6-15(12(7-9)14(18)19)13(17)10-3-2-4-11(8-10)16(20)21/h2-4,8-9,12H,5-7H2,1H3,(H,18,19). The predicted octanol–water partition coefficient (Wildman–Crippen LogP) is 1.92. The van der Waals surface area contributed by atoms with Crippen molar-refractivity contribution in [1.29, 1.82) is 0 Å². The molecule has 1 heterocycles. The molecule has 1 fully saturated rings. The van der Waals surface area contributed by atoms with Crippen LogP contribution in [0.3, 0.4) is 0 Å². The monoisotopic (exact) mass is 292 g/mol. The molecule has 21 heavy (non-hydrogen) atoms. The third-order valence-corrected chi connectivity index (χ3v) is 3.71. The molecule has 2 atom stereocenters. The molecule has 1 aromatic carbocycles. The summed E-state index contributed by atoms with van der Waals surface area (Å²) in [5, 5.41) is 20.0. The van der Waals surface area contributed by atoms with Crippen LogP contribution in [-0.2, 0) is 4.79 Å². The molecular weight excluding hydrogens is 276 g/mol. The first-order chi connectivity index (χ1) is 9.90. The van der Waals surface area contributed by atoms with Crippen LogP contribution in [0.5, 0.6) is 0 Å². The van der Waals surface area contributed by atoms with E-state index in [1.165, 1.54) is 29.2 Å². The third kappa shape index (κ3) is 3.18. The molecule has 1 aromatic rings. The number of hydrogen-bond acceptors (Lipinski definition) is 4. The average molecular weight is 292 g/mol. The van der Waals surface area contributed by atoms with E-state index >= 15 is 0 Å². The van der Waals surface area contributed by atoms with Crippen LogP contribution in [0.4, 0.5) is 5.69 Å². The second kappa shape index (κ2) is 5.90. The zero-order chi connectivity index (χ0) is 15.6. The zero-order valence-electron chi connectivity index (χ0n) is 11.6. The Morgan fingerprint density at radius 2 is 2.14 bits per heavy atom. The SMILES string of the molecule is CC1CCN(C(=O)c2cccc([N+](=O)[O-])c2)C(C(=O)O)C1. The first-order valence-corrected chi connectivity index (χ1v) is 6.68. The van der Waals surface area contributed by atoms with Crippen molar-refractivity contribution >= 4 is 17.6 Å². The normalized spacial score (nSPS) is 21.9. The third-order valence-electron chi connectivity index (χ3n) is 3.71. The summed E-state index contributed by atoms with van der Waals surface area (Å²) in [6, 6.07) is 4.49. The molecule has 0 aromatic heterocycles. The van der Waals surface area contributed by atoms with Gasteiger partial charge in [-0.1, -0.05) is 13.0 Å². The molecule has 1 amide bonds. The lowest BCUT2D eigenvalue weighted by atomic mass is 9.92. The predicted molar refractivity (Wildman–Crippen MR) is 74.0 cm³/mol. The molecule has 2 rings (SSSR count). The van der Waals surface area contributed by atoms with Crippen LogP contribution < -0.4 is 0 Å². The quantitative estimate of drug-likeness (QED) is 0.677. The van der Waals surface area contributed by atoms with Crippen molar-refractivity contribution in [2.24, 2.45) is 5.92 Å². The van der Waals surface area contributed by atoms with Gasteiger partial charge in [-0.25, -0.2) is 4.79 Å². The maximum Gasteiger partial charge on any atom is 0.326 e. The van der Waals surface area contributed by atoms with Gasteiger partial charge in [0, 0.05) is 24.2 Å². The molecule has 7 nitrogen and oxygen atoms in total. The van der Waals surface area contributed by atoms with Gasteiger partial charge in [0.2, 0.25) is 0 Å². The van der Waals surface area contributed by atoms with E-state index in [1.807, 2.05) is 6.92 Å². The maximum absolute atomic E-state index is 12.4. The molecular formula is C14H16N2O5. The van der Waals surface area contributed by atoms with E-state index in [9.17, 15) is 24.8 Å². The zero-order valence-corrected chi connectivity index (χ0v) is 11.6. The van der Waals surface area contributed by atoms with E-state index in [4.69, 9.17) is 0 Å². The molecule has 1 aliphatic rings. The molecule has 2 unspecified atom stereocenters. The summed E-state index contributed by atoms with van der Waals surface area (Å²) in [4.78, 5) is 35.2. The summed E-state index contributed by atoms with van der Waals surface area (Å²) < 4.78 is 0. The van der Waals surface area contributed by atoms with Gasteiger partial charge in [-0.3, -0.25) is 14.9 Å². The fraction of sp³-hybridized carbons (Fsp3) is 0.429. The summed E-state index contributed by atoms with van der Waals surface area (Å²) in [7, 11) is 0. The van der Waals surface area contributed by atoms with Crippen LogP contribution in [0, 0.1) is 16.0 Å². The van der Waals surface area contributed by atoms with Gasteiger partial charge in [0.1, 0.15) is 6.04 Å². The van der Waals surface area contributed by atoms with Crippen molar-refractivity contribution in [2.75, 3.05) is 6.54 Å². The molecule has 0 radical (unpaired) electrons. The number of piperidine rings is 1. The number of nitrogens with zero attached hydrogens (tertiary/aromatic N) is 2. The van der Waals surface area contributed by atoms with Crippen molar-refractivity contribution in [3.05, 3.63) is 39.9 Å². The van der Waals surface area contributed by atoms with E-state index < -0.39 is 22.8 Å². The second-order valence-electron chi connectivity index (χ2n) is 5.29. The minimum absolute atomic E-state index is 0.144. The van der Waals surface area contributed by atoms with Gasteiger partial charge in [-0.15, -0.1) is 0 Å². The Balaban J connectivity index is 2.27. The number of carbonyl (C=O) groups excluding carboxylic acids is 1. The van der Waals surface area contributed by atoms with Crippen LogP contribution in [0.25, 0.3) is 0 Å². The highest BCUT2D eigenvalue weighted by molar-refractivity contribution is 5.97. The number of aliphatic carboxylic acids is 1. The number of benzene rings is 1. The lowest BCUT2D eigenvalue weighted by Gasteiger charge is -2.36. The Hall–Kier alpha value is -2.44. The summed E-state index contributed by atoms with van der Waals surface area (Å²) >= 11 is 0. The van der Waals surface area contributed by atoms with Gasteiger partial charge >= 0.3 is 5.97 Å². The Kier molecular flexibility index (Phi) is 4.21. The van der Waals surface area contributed by atoms with Crippen LogP contribution in [-0.4, -0.2) is 39.4 Å². The molecule has 0 aliphatic carbocycles. The van der Waals surface area contributed by atoms with Gasteiger partial charge in [-0.05, 0) is 24.8 Å². The van der Waals surface area contributed by atoms with E-state index in [1.54, 1.807) is 0 Å². The first-order valence-electron chi connectivity index (χ1n) is 6.68. The van der Waals surface area contributed by atoms with Crippen LogP contribution in [0.1, 0.15) is 30.1 Å². The van der Waals surface area contributed by atoms with Crippen molar-refractivity contribution < 1.29 is 19.6 Å². The molecule has 0 saturated carbocycles. The van der Waals surface area contributed by atoms with Crippen molar-refractivity contribution in [1.82, 2.24) is 4.90 Å². The van der Waals surface area contributed by atoms with E-state index in [0.29, 0.717) is 13.0 Å². The minimum Gasteiger partial charge on any atom is -0.480 e. The van der Waals surface area contributed by atoms with E-state index in [2.05, 4.69) is 0 Å². The van der Waals surface area contributed by atoms with Crippen molar-refractivity contribution in [3.8, 4) is 0 Å². The van der Waals surface area contributed by atoms with Gasteiger partial charge in [-0.2, -0.15) is 0 Å². The fourth-order valence-corrected chi connectivity index (χ4v) is 2.54. The average Bonchev–Trinajstić information content (AvgIpc) is 2.46. The van der Waals surface area contributed by atoms with Gasteiger partial charge in [0.15, 0.2) is 0 Å². The summed E-state index contributed by atoms with van der Waals surface area (Å²) in [6.07, 6.45) is 1.13.